The second-order valence-corrected chi connectivity index (χ2v) is 16.7. The lowest BCUT2D eigenvalue weighted by Gasteiger charge is -2.20. The molecule has 2 aliphatic heterocycles. The summed E-state index contributed by atoms with van der Waals surface area (Å²) in [5.74, 6) is 0. The van der Waals surface area contributed by atoms with Crippen LogP contribution in [0.3, 0.4) is 0 Å². The van der Waals surface area contributed by atoms with Crippen molar-refractivity contribution in [2.45, 2.75) is 0 Å². The van der Waals surface area contributed by atoms with Gasteiger partial charge in [0.2, 0.25) is 0 Å². The molecule has 0 unspecified atom stereocenters. The Labute approximate surface area is 376 Å². The molecule has 0 fully saturated rings. The Balaban J connectivity index is 0.969. The van der Waals surface area contributed by atoms with Gasteiger partial charge in [0.05, 0.1) is 41.8 Å². The van der Waals surface area contributed by atoms with E-state index < -0.39 is 0 Å². The minimum atomic E-state index is 0.822. The van der Waals surface area contributed by atoms with Crippen LogP contribution in [0.5, 0.6) is 0 Å². The van der Waals surface area contributed by atoms with Gasteiger partial charge < -0.3 is 19.6 Å². The Bertz CT molecular complexity index is 2970. The van der Waals surface area contributed by atoms with Crippen molar-refractivity contribution in [1.29, 1.82) is 0 Å². The molecule has 0 amide bonds. The molecular weight excluding hydrogens is 779 g/mol. The Hall–Kier alpha value is -8.15. The third-order valence-corrected chi connectivity index (χ3v) is 12.6. The smallest absolute Gasteiger partial charge is 0.0950 e. The largest absolute Gasteiger partial charge is 0.355 e. The number of aromatic nitrogens is 1. The minimum Gasteiger partial charge on any atom is -0.355 e. The van der Waals surface area contributed by atoms with Crippen LogP contribution in [0.4, 0.5) is 34.1 Å². The van der Waals surface area contributed by atoms with Crippen LogP contribution in [0.15, 0.2) is 212 Å². The summed E-state index contributed by atoms with van der Waals surface area (Å²) in [5, 5.41) is 0. The molecule has 0 saturated heterocycles. The maximum atomic E-state index is 4.55. The lowest BCUT2D eigenvalue weighted by molar-refractivity contribution is 0.950. The van der Waals surface area contributed by atoms with Gasteiger partial charge in [-0.3, -0.25) is 4.98 Å². The number of fused-ring (bicyclic) bond motifs is 2. The van der Waals surface area contributed by atoms with Crippen molar-refractivity contribution in [2.75, 3.05) is 47.0 Å². The molecule has 0 bridgehead atoms. The van der Waals surface area contributed by atoms with E-state index in [9.17, 15) is 0 Å². The summed E-state index contributed by atoms with van der Waals surface area (Å²) in [6, 6.07) is 74.7. The molecule has 5 heteroatoms. The monoisotopic (exact) mass is 825 g/mol. The van der Waals surface area contributed by atoms with Crippen molar-refractivity contribution in [2.24, 2.45) is 0 Å². The van der Waals surface area contributed by atoms with Crippen LogP contribution in [-0.4, -0.2) is 32.4 Å². The van der Waals surface area contributed by atoms with Gasteiger partial charge in [0, 0.05) is 37.2 Å². The Morgan fingerprint density at radius 2 is 0.766 bits per heavy atom. The van der Waals surface area contributed by atoms with Crippen LogP contribution in [-0.2, 0) is 0 Å². The quantitative estimate of drug-likeness (QED) is 0.135. The lowest BCUT2D eigenvalue weighted by atomic mass is 9.88. The number of hydrogen-bond donors (Lipinski definition) is 0. The third-order valence-electron chi connectivity index (χ3n) is 12.6. The van der Waals surface area contributed by atoms with Gasteiger partial charge in [0.25, 0.3) is 0 Å². The van der Waals surface area contributed by atoms with Crippen molar-refractivity contribution in [1.82, 2.24) is 4.98 Å². The Morgan fingerprint density at radius 3 is 1.23 bits per heavy atom. The average molecular weight is 826 g/mol. The molecule has 5 nitrogen and oxygen atoms in total. The molecule has 64 heavy (non-hydrogen) atoms. The molecular formula is C59H47N5. The van der Waals surface area contributed by atoms with Gasteiger partial charge in [-0.2, -0.15) is 0 Å². The van der Waals surface area contributed by atoms with Crippen LogP contribution < -0.4 is 19.6 Å². The molecule has 0 aliphatic carbocycles. The van der Waals surface area contributed by atoms with Crippen molar-refractivity contribution in [3.8, 4) is 55.8 Å². The highest BCUT2D eigenvalue weighted by molar-refractivity contribution is 5.92. The number of nitrogens with zero attached hydrogens (tertiary/aromatic N) is 5. The van der Waals surface area contributed by atoms with E-state index in [2.05, 4.69) is 239 Å². The van der Waals surface area contributed by atoms with Crippen LogP contribution in [0, 0.1) is 0 Å². The Morgan fingerprint density at radius 1 is 0.359 bits per heavy atom. The molecule has 1 aromatic heterocycles. The van der Waals surface area contributed by atoms with E-state index in [0.717, 1.165) is 35.7 Å². The number of para-hydroxylation sites is 4. The summed E-state index contributed by atoms with van der Waals surface area (Å²) in [6.45, 7) is 1.64. The summed E-state index contributed by atoms with van der Waals surface area (Å²) >= 11 is 0. The van der Waals surface area contributed by atoms with E-state index in [4.69, 9.17) is 0 Å². The van der Waals surface area contributed by atoms with E-state index in [-0.39, 0.29) is 0 Å². The number of pyridine rings is 1. The first-order valence-corrected chi connectivity index (χ1v) is 21.9. The van der Waals surface area contributed by atoms with Crippen LogP contribution in [0.25, 0.3) is 67.9 Å². The molecule has 11 rings (SSSR count). The first-order valence-electron chi connectivity index (χ1n) is 21.9. The molecule has 308 valence electrons. The summed E-state index contributed by atoms with van der Waals surface area (Å²) in [7, 11) is 4.31. The zero-order valence-corrected chi connectivity index (χ0v) is 36.0. The van der Waals surface area contributed by atoms with Crippen LogP contribution in [0.1, 0.15) is 11.1 Å². The summed E-state index contributed by atoms with van der Waals surface area (Å²) < 4.78 is 0. The van der Waals surface area contributed by atoms with Crippen molar-refractivity contribution >= 4 is 46.3 Å². The highest BCUT2D eigenvalue weighted by Crippen LogP contribution is 2.43. The van der Waals surface area contributed by atoms with Crippen LogP contribution in [0.2, 0.25) is 0 Å². The van der Waals surface area contributed by atoms with Gasteiger partial charge in [0.1, 0.15) is 0 Å². The molecule has 9 aromatic rings. The average Bonchev–Trinajstić information content (AvgIpc) is 3.89. The molecule has 0 spiro atoms. The number of rotatable bonds is 9. The van der Waals surface area contributed by atoms with Crippen molar-refractivity contribution in [3.63, 3.8) is 0 Å². The fraction of sp³-hybridized carbons (Fsp3) is 0.0678. The topological polar surface area (TPSA) is 25.9 Å². The lowest BCUT2D eigenvalue weighted by Crippen LogP contribution is -2.23. The van der Waals surface area contributed by atoms with Gasteiger partial charge in [-0.1, -0.05) is 140 Å². The van der Waals surface area contributed by atoms with Gasteiger partial charge >= 0.3 is 0 Å². The van der Waals surface area contributed by atoms with Crippen LogP contribution >= 0.6 is 0 Å². The van der Waals surface area contributed by atoms with Crippen molar-refractivity contribution in [3.05, 3.63) is 224 Å². The zero-order chi connectivity index (χ0) is 43.0. The first kappa shape index (κ1) is 38.7. The van der Waals surface area contributed by atoms with E-state index >= 15 is 0 Å². The van der Waals surface area contributed by atoms with Crippen molar-refractivity contribution < 1.29 is 0 Å². The highest BCUT2D eigenvalue weighted by atomic mass is 15.4. The van der Waals surface area contributed by atoms with E-state index in [0.29, 0.717) is 0 Å². The van der Waals surface area contributed by atoms with E-state index in [1.165, 1.54) is 78.6 Å². The van der Waals surface area contributed by atoms with Gasteiger partial charge in [0.15, 0.2) is 0 Å². The Kier molecular flexibility index (Phi) is 10.1. The molecule has 0 atom stereocenters. The van der Waals surface area contributed by atoms with E-state index in [1.807, 2.05) is 24.4 Å². The third kappa shape index (κ3) is 7.37. The molecule has 0 radical (unpaired) electrons. The maximum Gasteiger partial charge on any atom is 0.0950 e. The minimum absolute atomic E-state index is 0.822. The normalized spacial score (nSPS) is 13.2. The summed E-state index contributed by atoms with van der Waals surface area (Å²) in [6.07, 6.45) is 6.29. The van der Waals surface area contributed by atoms with E-state index in [1.54, 1.807) is 0 Å². The fourth-order valence-electron chi connectivity index (χ4n) is 9.37. The SMILES string of the molecule is CN1CN(c2ccc(-c3ccccc3-c3cc(C=Cc4ccc(-c5ccccn5)cc4)cc(-c4ccccc4-c4ccc(N5CN(C)c6ccccc65)cc4)c3)cc2)c2ccccc21. The van der Waals surface area contributed by atoms with Gasteiger partial charge in [-0.05, 0) is 134 Å². The van der Waals surface area contributed by atoms with Gasteiger partial charge in [-0.15, -0.1) is 0 Å². The molecule has 0 saturated carbocycles. The predicted molar refractivity (Wildman–Crippen MR) is 270 cm³/mol. The zero-order valence-electron chi connectivity index (χ0n) is 36.0. The summed E-state index contributed by atoms with van der Waals surface area (Å²) in [5.41, 5.74) is 21.2. The number of anilines is 6. The standard InChI is InChI=1S/C59H47N5/c1-61-40-63(58-20-9-7-18-56(58)61)49-32-28-44(29-33-49)51-13-3-5-15-53(51)47-37-43(23-22-42-24-26-46(27-25-42)55-17-11-12-36-60-55)38-48(39-47)54-16-6-4-14-52(54)45-30-34-50(35-31-45)64-41-62(2)57-19-8-10-21-59(57)64/h3-39H,40-41H2,1-2H3. The second-order valence-electron chi connectivity index (χ2n) is 16.7. The number of hydrogen-bond acceptors (Lipinski definition) is 5. The summed E-state index contributed by atoms with van der Waals surface area (Å²) in [4.78, 5) is 13.9. The highest BCUT2D eigenvalue weighted by Gasteiger charge is 2.25. The second kappa shape index (κ2) is 16.6. The molecule has 3 heterocycles. The predicted octanol–water partition coefficient (Wildman–Crippen LogP) is 14.7. The number of benzene rings is 8. The molecule has 8 aromatic carbocycles. The molecule has 2 aliphatic rings. The van der Waals surface area contributed by atoms with Gasteiger partial charge in [-0.25, -0.2) is 0 Å². The maximum absolute atomic E-state index is 4.55. The first-order chi connectivity index (χ1) is 31.5. The molecule has 0 N–H and O–H groups in total. The fourth-order valence-corrected chi connectivity index (χ4v) is 9.37.